The average Bonchev–Trinajstić information content (AvgIpc) is 3.06. The number of anilines is 1. The number of methoxy groups -OCH3 is 1. The van der Waals surface area contributed by atoms with Crippen LogP contribution >= 0.6 is 12.2 Å². The highest BCUT2D eigenvalue weighted by molar-refractivity contribution is 7.80. The lowest BCUT2D eigenvalue weighted by Crippen LogP contribution is -2.29. The summed E-state index contributed by atoms with van der Waals surface area (Å²) >= 11 is 5.07. The van der Waals surface area contributed by atoms with Gasteiger partial charge in [-0.05, 0) is 29.9 Å². The zero-order chi connectivity index (χ0) is 18.7. The molecule has 0 radical (unpaired) electrons. The summed E-state index contributed by atoms with van der Waals surface area (Å²) in [4.78, 5) is 7.20. The van der Waals surface area contributed by atoms with Crippen LogP contribution in [-0.2, 0) is 12.7 Å². The summed E-state index contributed by atoms with van der Waals surface area (Å²) in [5.41, 5.74) is -0.286. The highest BCUT2D eigenvalue weighted by Gasteiger charge is 2.34. The van der Waals surface area contributed by atoms with E-state index in [9.17, 15) is 13.2 Å². The van der Waals surface area contributed by atoms with Crippen LogP contribution in [0.15, 0.2) is 24.3 Å². The van der Waals surface area contributed by atoms with Gasteiger partial charge in [0.1, 0.15) is 0 Å². The Hall–Kier alpha value is -2.82. The largest absolute Gasteiger partial charge is 0.481 e. The van der Waals surface area contributed by atoms with Gasteiger partial charge in [-0.1, -0.05) is 6.07 Å². The SMILES string of the molecule is COc1cc(C(F)(F)F)nc(NC(=S)NCc2ccc3c(c2)OCO3)n1. The summed E-state index contributed by atoms with van der Waals surface area (Å²) < 4.78 is 53.8. The second-order valence-electron chi connectivity index (χ2n) is 5.11. The van der Waals surface area contributed by atoms with E-state index in [0.717, 1.165) is 5.56 Å². The first-order valence-corrected chi connectivity index (χ1v) is 7.69. The van der Waals surface area contributed by atoms with Crippen LogP contribution in [0.2, 0.25) is 0 Å². The van der Waals surface area contributed by atoms with Gasteiger partial charge in [0.2, 0.25) is 18.6 Å². The fraction of sp³-hybridized carbons (Fsp3) is 0.267. The van der Waals surface area contributed by atoms with Crippen molar-refractivity contribution in [2.75, 3.05) is 19.2 Å². The smallest absolute Gasteiger partial charge is 0.433 e. The van der Waals surface area contributed by atoms with Gasteiger partial charge in [-0.15, -0.1) is 0 Å². The van der Waals surface area contributed by atoms with Crippen molar-refractivity contribution in [2.24, 2.45) is 0 Å². The lowest BCUT2D eigenvalue weighted by Gasteiger charge is -2.12. The number of fused-ring (bicyclic) bond motifs is 1. The molecule has 26 heavy (non-hydrogen) atoms. The molecule has 0 atom stereocenters. The standard InChI is InChI=1S/C15H13F3N4O3S/c1-23-12-5-11(15(16,17)18)20-13(21-12)22-14(26)19-6-8-2-3-9-10(4-8)25-7-24-9/h2-5H,6-7H2,1H3,(H2,19,20,21,22,26). The minimum Gasteiger partial charge on any atom is -0.481 e. The maximum atomic E-state index is 12.9. The number of aromatic nitrogens is 2. The van der Waals surface area contributed by atoms with Crippen LogP contribution in [0.25, 0.3) is 0 Å². The molecule has 1 aliphatic heterocycles. The molecule has 0 unspecified atom stereocenters. The molecule has 0 saturated carbocycles. The molecule has 0 aliphatic carbocycles. The summed E-state index contributed by atoms with van der Waals surface area (Å²) in [7, 11) is 1.21. The van der Waals surface area contributed by atoms with Crippen molar-refractivity contribution in [1.82, 2.24) is 15.3 Å². The molecule has 7 nitrogen and oxygen atoms in total. The van der Waals surface area contributed by atoms with E-state index in [0.29, 0.717) is 24.1 Å². The molecule has 2 N–H and O–H groups in total. The van der Waals surface area contributed by atoms with Crippen molar-refractivity contribution in [2.45, 2.75) is 12.7 Å². The molecule has 0 spiro atoms. The predicted octanol–water partition coefficient (Wildman–Crippen LogP) is 2.72. The van der Waals surface area contributed by atoms with Gasteiger partial charge in [-0.3, -0.25) is 0 Å². The third-order valence-electron chi connectivity index (χ3n) is 3.32. The molecule has 138 valence electrons. The van der Waals surface area contributed by atoms with Crippen LogP contribution in [0.3, 0.4) is 0 Å². The lowest BCUT2D eigenvalue weighted by atomic mass is 10.2. The Bertz CT molecular complexity index is 832. The number of halogens is 3. The molecule has 0 amide bonds. The number of hydrogen-bond donors (Lipinski definition) is 2. The van der Waals surface area contributed by atoms with E-state index in [1.165, 1.54) is 7.11 Å². The Kier molecular flexibility index (Phi) is 4.98. The highest BCUT2D eigenvalue weighted by atomic mass is 32.1. The molecule has 2 aromatic rings. The first kappa shape index (κ1) is 18.0. The summed E-state index contributed by atoms with van der Waals surface area (Å²) in [5.74, 6) is 0.723. The molecule has 0 fully saturated rings. The van der Waals surface area contributed by atoms with Gasteiger partial charge in [-0.2, -0.15) is 18.2 Å². The second kappa shape index (κ2) is 7.20. The number of alkyl halides is 3. The number of ether oxygens (including phenoxy) is 3. The zero-order valence-corrected chi connectivity index (χ0v) is 14.2. The Balaban J connectivity index is 1.64. The predicted molar refractivity (Wildman–Crippen MR) is 89.2 cm³/mol. The van der Waals surface area contributed by atoms with Gasteiger partial charge in [0.15, 0.2) is 22.3 Å². The van der Waals surface area contributed by atoms with Crippen LogP contribution in [0.4, 0.5) is 19.1 Å². The number of thiocarbonyl (C=S) groups is 1. The van der Waals surface area contributed by atoms with Crippen molar-refractivity contribution in [3.05, 3.63) is 35.5 Å². The third kappa shape index (κ3) is 4.23. The van der Waals surface area contributed by atoms with Crippen LogP contribution < -0.4 is 24.8 Å². The maximum Gasteiger partial charge on any atom is 0.433 e. The monoisotopic (exact) mass is 386 g/mol. The second-order valence-corrected chi connectivity index (χ2v) is 5.52. The first-order valence-electron chi connectivity index (χ1n) is 7.29. The summed E-state index contributed by atoms with van der Waals surface area (Å²) in [5, 5.41) is 5.43. The van der Waals surface area contributed by atoms with Gasteiger partial charge >= 0.3 is 6.18 Å². The molecular weight excluding hydrogens is 373 g/mol. The third-order valence-corrected chi connectivity index (χ3v) is 3.56. The molecule has 2 heterocycles. The fourth-order valence-electron chi connectivity index (χ4n) is 2.11. The quantitative estimate of drug-likeness (QED) is 0.777. The van der Waals surface area contributed by atoms with Crippen molar-refractivity contribution in [1.29, 1.82) is 0 Å². The van der Waals surface area contributed by atoms with Crippen molar-refractivity contribution >= 4 is 23.3 Å². The van der Waals surface area contributed by atoms with Crippen molar-refractivity contribution < 1.29 is 27.4 Å². The molecule has 0 saturated heterocycles. The van der Waals surface area contributed by atoms with Gasteiger partial charge in [0.25, 0.3) is 0 Å². The van der Waals surface area contributed by atoms with E-state index in [2.05, 4.69) is 20.6 Å². The normalized spacial score (nSPS) is 12.6. The Labute approximate surface area is 151 Å². The molecule has 11 heteroatoms. The Morgan fingerprint density at radius 3 is 2.73 bits per heavy atom. The molecule has 3 rings (SSSR count). The maximum absolute atomic E-state index is 12.9. The van der Waals surface area contributed by atoms with Crippen LogP contribution in [0, 0.1) is 0 Å². The molecular formula is C15H13F3N4O3S. The van der Waals surface area contributed by atoms with Gasteiger partial charge in [0.05, 0.1) is 7.11 Å². The van der Waals surface area contributed by atoms with E-state index in [1.54, 1.807) is 12.1 Å². The molecule has 1 aromatic heterocycles. The van der Waals surface area contributed by atoms with Crippen LogP contribution in [0.5, 0.6) is 17.4 Å². The number of rotatable bonds is 4. The van der Waals surface area contributed by atoms with Gasteiger partial charge < -0.3 is 24.8 Å². The number of nitrogens with one attached hydrogen (secondary N) is 2. The minimum absolute atomic E-state index is 0.0593. The minimum atomic E-state index is -4.63. The molecule has 1 aromatic carbocycles. The number of benzene rings is 1. The zero-order valence-electron chi connectivity index (χ0n) is 13.4. The molecule has 1 aliphatic rings. The van der Waals surface area contributed by atoms with Crippen LogP contribution in [0.1, 0.15) is 11.3 Å². The summed E-state index contributed by atoms with van der Waals surface area (Å²) in [6.45, 7) is 0.486. The summed E-state index contributed by atoms with van der Waals surface area (Å²) in [6, 6.07) is 6.06. The van der Waals surface area contributed by atoms with Gasteiger partial charge in [-0.25, -0.2) is 4.98 Å². The Morgan fingerprint density at radius 1 is 1.23 bits per heavy atom. The first-order chi connectivity index (χ1) is 12.3. The van der Waals surface area contributed by atoms with E-state index in [1.807, 2.05) is 6.07 Å². The van der Waals surface area contributed by atoms with Gasteiger partial charge in [0, 0.05) is 12.6 Å². The average molecular weight is 386 g/mol. The van der Waals surface area contributed by atoms with E-state index in [4.69, 9.17) is 26.4 Å². The lowest BCUT2D eigenvalue weighted by molar-refractivity contribution is -0.141. The Morgan fingerprint density at radius 2 is 2.00 bits per heavy atom. The topological polar surface area (TPSA) is 77.5 Å². The van der Waals surface area contributed by atoms with Crippen molar-refractivity contribution in [3.8, 4) is 17.4 Å². The van der Waals surface area contributed by atoms with Crippen LogP contribution in [-0.4, -0.2) is 29.0 Å². The van der Waals surface area contributed by atoms with E-state index in [-0.39, 0.29) is 23.7 Å². The fourth-order valence-corrected chi connectivity index (χ4v) is 2.27. The summed E-state index contributed by atoms with van der Waals surface area (Å²) in [6.07, 6.45) is -4.63. The van der Waals surface area contributed by atoms with Crippen molar-refractivity contribution in [3.63, 3.8) is 0 Å². The number of hydrogen-bond acceptors (Lipinski definition) is 6. The van der Waals surface area contributed by atoms with E-state index < -0.39 is 11.9 Å². The van der Waals surface area contributed by atoms with E-state index >= 15 is 0 Å². The number of nitrogens with zero attached hydrogens (tertiary/aromatic N) is 2. The molecule has 0 bridgehead atoms. The highest BCUT2D eigenvalue weighted by Crippen LogP contribution is 2.32.